The predicted molar refractivity (Wildman–Crippen MR) is 73.7 cm³/mol. The highest BCUT2D eigenvalue weighted by atomic mass is 79.9. The molecule has 1 aromatic heterocycles. The molecule has 1 aliphatic carbocycles. The molecule has 94 valence electrons. The van der Waals surface area contributed by atoms with E-state index in [1.54, 1.807) is 0 Å². The summed E-state index contributed by atoms with van der Waals surface area (Å²) in [5.74, 6) is 0.879. The highest BCUT2D eigenvalue weighted by Gasteiger charge is 2.25. The molecule has 1 saturated carbocycles. The van der Waals surface area contributed by atoms with Gasteiger partial charge in [0.2, 0.25) is 0 Å². The van der Waals surface area contributed by atoms with Gasteiger partial charge in [-0.2, -0.15) is 0 Å². The lowest BCUT2D eigenvalue weighted by Crippen LogP contribution is -2.03. The Labute approximate surface area is 115 Å². The van der Waals surface area contributed by atoms with Gasteiger partial charge in [0.25, 0.3) is 0 Å². The average molecular weight is 307 g/mol. The van der Waals surface area contributed by atoms with E-state index in [1.165, 1.54) is 18.4 Å². The minimum absolute atomic E-state index is 0.568. The third-order valence-electron chi connectivity index (χ3n) is 3.15. The first kappa shape index (κ1) is 11.8. The zero-order valence-electron chi connectivity index (χ0n) is 10.3. The highest BCUT2D eigenvalue weighted by Crippen LogP contribution is 2.36. The fourth-order valence-electron chi connectivity index (χ4n) is 2.00. The Hall–Kier alpha value is -1.29. The number of ether oxygens (including phenoxy) is 1. The van der Waals surface area contributed by atoms with Crippen molar-refractivity contribution in [1.82, 2.24) is 9.55 Å². The Kier molecular flexibility index (Phi) is 3.12. The number of benzene rings is 1. The van der Waals surface area contributed by atoms with Crippen LogP contribution in [0, 0.1) is 6.92 Å². The lowest BCUT2D eigenvalue weighted by molar-refractivity contribution is 0.293. The number of aryl methyl sites for hydroxylation is 1. The first-order valence-electron chi connectivity index (χ1n) is 6.13. The molecule has 0 unspecified atom stereocenters. The van der Waals surface area contributed by atoms with Crippen LogP contribution in [0.3, 0.4) is 0 Å². The van der Waals surface area contributed by atoms with Crippen molar-refractivity contribution in [3.63, 3.8) is 0 Å². The summed E-state index contributed by atoms with van der Waals surface area (Å²) in [6.07, 6.45) is 6.32. The van der Waals surface area contributed by atoms with E-state index in [-0.39, 0.29) is 0 Å². The third-order valence-corrected chi connectivity index (χ3v) is 3.77. The second kappa shape index (κ2) is 4.76. The van der Waals surface area contributed by atoms with Gasteiger partial charge in [0.15, 0.2) is 0 Å². The number of hydrogen-bond acceptors (Lipinski definition) is 2. The average Bonchev–Trinajstić information content (AvgIpc) is 3.08. The van der Waals surface area contributed by atoms with Gasteiger partial charge in [-0.1, -0.05) is 6.07 Å². The molecule has 3 nitrogen and oxygen atoms in total. The monoisotopic (exact) mass is 306 g/mol. The molecule has 0 saturated heterocycles. The summed E-state index contributed by atoms with van der Waals surface area (Å²) in [4.78, 5) is 4.20. The number of halogens is 1. The molecule has 1 fully saturated rings. The fraction of sp³-hybridized carbons (Fsp3) is 0.357. The van der Waals surface area contributed by atoms with Crippen molar-refractivity contribution >= 4 is 15.9 Å². The maximum atomic E-state index is 5.85. The van der Waals surface area contributed by atoms with Gasteiger partial charge in [0.05, 0.1) is 22.7 Å². The van der Waals surface area contributed by atoms with Crippen LogP contribution in [-0.4, -0.2) is 9.55 Å². The standard InChI is InChI=1S/C14H15BrN2O/c1-10-2-5-14(13(15)6-10)18-8-12-7-16-9-17(12)11-3-4-11/h2,5-7,9,11H,3-4,8H2,1H3. The second-order valence-corrected chi connectivity index (χ2v) is 5.60. The molecule has 0 N–H and O–H groups in total. The van der Waals surface area contributed by atoms with Crippen molar-refractivity contribution in [2.75, 3.05) is 0 Å². The van der Waals surface area contributed by atoms with Crippen LogP contribution in [0.1, 0.15) is 30.1 Å². The summed E-state index contributed by atoms with van der Waals surface area (Å²) < 4.78 is 9.07. The number of nitrogens with zero attached hydrogens (tertiary/aromatic N) is 2. The van der Waals surface area contributed by atoms with Crippen LogP contribution in [0.25, 0.3) is 0 Å². The van der Waals surface area contributed by atoms with E-state index < -0.39 is 0 Å². The van der Waals surface area contributed by atoms with Crippen LogP contribution in [0.4, 0.5) is 0 Å². The van der Waals surface area contributed by atoms with Gasteiger partial charge in [0, 0.05) is 6.04 Å². The fourth-order valence-corrected chi connectivity index (χ4v) is 2.61. The first-order valence-corrected chi connectivity index (χ1v) is 6.93. The Morgan fingerprint density at radius 1 is 1.44 bits per heavy atom. The number of imidazole rings is 1. The van der Waals surface area contributed by atoms with E-state index in [2.05, 4.69) is 44.5 Å². The minimum Gasteiger partial charge on any atom is -0.486 e. The van der Waals surface area contributed by atoms with Crippen molar-refractivity contribution < 1.29 is 4.74 Å². The van der Waals surface area contributed by atoms with E-state index in [4.69, 9.17) is 4.74 Å². The smallest absolute Gasteiger partial charge is 0.134 e. The molecule has 0 spiro atoms. The van der Waals surface area contributed by atoms with Gasteiger partial charge in [-0.25, -0.2) is 4.98 Å². The molecule has 2 aromatic rings. The third kappa shape index (κ3) is 2.43. The van der Waals surface area contributed by atoms with E-state index in [9.17, 15) is 0 Å². The van der Waals surface area contributed by atoms with E-state index in [1.807, 2.05) is 18.6 Å². The summed E-state index contributed by atoms with van der Waals surface area (Å²) >= 11 is 3.52. The Bertz CT molecular complexity index is 561. The van der Waals surface area contributed by atoms with E-state index >= 15 is 0 Å². The van der Waals surface area contributed by atoms with Crippen LogP contribution in [0.2, 0.25) is 0 Å². The normalized spacial score (nSPS) is 14.8. The first-order chi connectivity index (χ1) is 8.74. The molecule has 1 aliphatic rings. The highest BCUT2D eigenvalue weighted by molar-refractivity contribution is 9.10. The SMILES string of the molecule is Cc1ccc(OCc2cncn2C2CC2)c(Br)c1. The summed E-state index contributed by atoms with van der Waals surface area (Å²) in [5, 5.41) is 0. The molecule has 0 radical (unpaired) electrons. The van der Waals surface area contributed by atoms with Crippen LogP contribution in [-0.2, 0) is 6.61 Å². The van der Waals surface area contributed by atoms with Crippen molar-refractivity contribution in [2.24, 2.45) is 0 Å². The summed E-state index contributed by atoms with van der Waals surface area (Å²) in [5.41, 5.74) is 2.36. The summed E-state index contributed by atoms with van der Waals surface area (Å²) in [7, 11) is 0. The molecule has 1 aromatic carbocycles. The van der Waals surface area contributed by atoms with Crippen molar-refractivity contribution in [3.8, 4) is 5.75 Å². The lowest BCUT2D eigenvalue weighted by Gasteiger charge is -2.10. The summed E-state index contributed by atoms with van der Waals surface area (Å²) in [6.45, 7) is 2.63. The molecule has 0 aliphatic heterocycles. The Morgan fingerprint density at radius 2 is 2.28 bits per heavy atom. The second-order valence-electron chi connectivity index (χ2n) is 4.75. The molecule has 4 heteroatoms. The van der Waals surface area contributed by atoms with Crippen LogP contribution >= 0.6 is 15.9 Å². The predicted octanol–water partition coefficient (Wildman–Crippen LogP) is 3.87. The van der Waals surface area contributed by atoms with Crippen LogP contribution in [0.5, 0.6) is 5.75 Å². The topological polar surface area (TPSA) is 27.1 Å². The molecule has 18 heavy (non-hydrogen) atoms. The molecule has 1 heterocycles. The van der Waals surface area contributed by atoms with Crippen molar-refractivity contribution in [1.29, 1.82) is 0 Å². The van der Waals surface area contributed by atoms with E-state index in [0.29, 0.717) is 12.6 Å². The van der Waals surface area contributed by atoms with Crippen molar-refractivity contribution in [2.45, 2.75) is 32.4 Å². The number of hydrogen-bond donors (Lipinski definition) is 0. The maximum Gasteiger partial charge on any atom is 0.134 e. The minimum atomic E-state index is 0.568. The van der Waals surface area contributed by atoms with Crippen LogP contribution < -0.4 is 4.74 Å². The molecular weight excluding hydrogens is 292 g/mol. The number of aromatic nitrogens is 2. The van der Waals surface area contributed by atoms with Gasteiger partial charge in [-0.3, -0.25) is 0 Å². The van der Waals surface area contributed by atoms with Gasteiger partial charge >= 0.3 is 0 Å². The van der Waals surface area contributed by atoms with E-state index in [0.717, 1.165) is 15.9 Å². The molecule has 3 rings (SSSR count). The molecular formula is C14H15BrN2O. The molecule has 0 atom stereocenters. The molecule has 0 amide bonds. The van der Waals surface area contributed by atoms with Gasteiger partial charge < -0.3 is 9.30 Å². The Morgan fingerprint density at radius 3 is 3.00 bits per heavy atom. The van der Waals surface area contributed by atoms with Gasteiger partial charge in [-0.05, 0) is 53.4 Å². The quantitative estimate of drug-likeness (QED) is 0.857. The Balaban J connectivity index is 1.71. The maximum absolute atomic E-state index is 5.85. The van der Waals surface area contributed by atoms with Crippen molar-refractivity contribution in [3.05, 3.63) is 46.5 Å². The van der Waals surface area contributed by atoms with Gasteiger partial charge in [0.1, 0.15) is 12.4 Å². The molecule has 0 bridgehead atoms. The van der Waals surface area contributed by atoms with Gasteiger partial charge in [-0.15, -0.1) is 0 Å². The number of rotatable bonds is 4. The largest absolute Gasteiger partial charge is 0.486 e. The van der Waals surface area contributed by atoms with Crippen LogP contribution in [0.15, 0.2) is 35.2 Å². The zero-order valence-corrected chi connectivity index (χ0v) is 11.9. The summed E-state index contributed by atoms with van der Waals surface area (Å²) in [6, 6.07) is 6.76. The zero-order chi connectivity index (χ0) is 12.5. The lowest BCUT2D eigenvalue weighted by atomic mass is 10.2.